The van der Waals surface area contributed by atoms with Crippen molar-refractivity contribution in [2.24, 2.45) is 28.6 Å². The molecule has 2 fully saturated rings. The molecule has 1 saturated carbocycles. The smallest absolute Gasteiger partial charge is 0.407 e. The lowest BCUT2D eigenvalue weighted by atomic mass is 9.87. The predicted molar refractivity (Wildman–Crippen MR) is 196 cm³/mol. The highest BCUT2D eigenvalue weighted by Crippen LogP contribution is 2.65. The first-order valence-electron chi connectivity index (χ1n) is 18.5. The Morgan fingerprint density at radius 2 is 1.65 bits per heavy atom. The Labute approximate surface area is 307 Å². The van der Waals surface area contributed by atoms with E-state index in [1.54, 1.807) is 11.8 Å². The third kappa shape index (κ3) is 9.24. The summed E-state index contributed by atoms with van der Waals surface area (Å²) in [6, 6.07) is 3.78. The number of terminal acetylenes is 1. The van der Waals surface area contributed by atoms with Gasteiger partial charge in [0.15, 0.2) is 0 Å². The standard InChI is InChI=1S/C39H56N6O7/c1-9-12-17-27(32(46)34(48)41-18-10-2)42-33(47)31-29-26(39(29,7)8)21-45(31)35(49)30(25-19-23-15-13-14-16-24(23)20-25)44-36(50)43-28(38(4,5)6)22-52-37(51)40-11-3/h2,13-16,25-31H,9,11-12,17-22H2,1,3-8H3,(H,40,51)(H,41,48)(H,42,47)(H2,43,44,50)/t26-,27?,28+,29-,30-,31-/m0/s1. The molecule has 6 atom stereocenters. The molecule has 52 heavy (non-hydrogen) atoms. The molecule has 284 valence electrons. The number of piperidine rings is 1. The maximum Gasteiger partial charge on any atom is 0.407 e. The van der Waals surface area contributed by atoms with Gasteiger partial charge in [-0.2, -0.15) is 0 Å². The molecule has 5 N–H and O–H groups in total. The lowest BCUT2D eigenvalue weighted by Crippen LogP contribution is -2.61. The van der Waals surface area contributed by atoms with Gasteiger partial charge in [-0.25, -0.2) is 9.59 Å². The van der Waals surface area contributed by atoms with Crippen molar-refractivity contribution in [2.45, 2.75) is 105 Å². The molecular weight excluding hydrogens is 664 g/mol. The summed E-state index contributed by atoms with van der Waals surface area (Å²) in [5, 5.41) is 13.7. The van der Waals surface area contributed by atoms with Crippen LogP contribution in [0.25, 0.3) is 0 Å². The third-order valence-corrected chi connectivity index (χ3v) is 11.0. The Kier molecular flexibility index (Phi) is 13.0. The number of hydrogen-bond acceptors (Lipinski definition) is 7. The van der Waals surface area contributed by atoms with Gasteiger partial charge in [0, 0.05) is 13.1 Å². The quantitative estimate of drug-likeness (QED) is 0.137. The Morgan fingerprint density at radius 1 is 1.00 bits per heavy atom. The molecule has 13 nitrogen and oxygen atoms in total. The highest BCUT2D eigenvalue weighted by atomic mass is 16.5. The molecule has 1 aromatic carbocycles. The van der Waals surface area contributed by atoms with Crippen molar-refractivity contribution < 1.29 is 33.5 Å². The van der Waals surface area contributed by atoms with Gasteiger partial charge in [-0.1, -0.05) is 84.6 Å². The maximum atomic E-state index is 14.8. The molecule has 0 radical (unpaired) electrons. The number of benzene rings is 1. The van der Waals surface area contributed by atoms with Crippen molar-refractivity contribution in [3.63, 3.8) is 0 Å². The minimum absolute atomic E-state index is 0.0443. The number of likely N-dealkylation sites (tertiary alicyclic amines) is 1. The molecule has 0 aromatic heterocycles. The van der Waals surface area contributed by atoms with Crippen molar-refractivity contribution in [3.05, 3.63) is 35.4 Å². The Balaban J connectivity index is 1.59. The van der Waals surface area contributed by atoms with Gasteiger partial charge in [-0.15, -0.1) is 6.42 Å². The number of fused-ring (bicyclic) bond motifs is 2. The largest absolute Gasteiger partial charge is 0.447 e. The summed E-state index contributed by atoms with van der Waals surface area (Å²) in [5.74, 6) is -0.682. The number of unbranched alkanes of at least 4 members (excludes halogenated alkanes) is 1. The van der Waals surface area contributed by atoms with E-state index in [0.29, 0.717) is 32.4 Å². The molecule has 4 rings (SSSR count). The number of carbonyl (C=O) groups is 6. The number of nitrogens with one attached hydrogen (secondary N) is 5. The van der Waals surface area contributed by atoms with Crippen LogP contribution >= 0.6 is 0 Å². The van der Waals surface area contributed by atoms with Crippen LogP contribution in [0, 0.1) is 40.9 Å². The van der Waals surface area contributed by atoms with Crippen molar-refractivity contribution in [1.82, 2.24) is 31.5 Å². The molecule has 0 spiro atoms. The molecule has 1 aromatic rings. The topological polar surface area (TPSA) is 175 Å². The number of hydrogen-bond donors (Lipinski definition) is 5. The van der Waals surface area contributed by atoms with Crippen LogP contribution in [0.3, 0.4) is 0 Å². The first-order valence-corrected chi connectivity index (χ1v) is 18.5. The van der Waals surface area contributed by atoms with Gasteiger partial charge in [0.1, 0.15) is 18.7 Å². The van der Waals surface area contributed by atoms with Crippen molar-refractivity contribution in [1.29, 1.82) is 0 Å². The Hall–Kier alpha value is -4.60. The van der Waals surface area contributed by atoms with E-state index in [1.807, 2.05) is 52.0 Å². The van der Waals surface area contributed by atoms with Gasteiger partial charge in [0.05, 0.1) is 18.6 Å². The van der Waals surface area contributed by atoms with Gasteiger partial charge >= 0.3 is 12.1 Å². The molecule has 2 aliphatic carbocycles. The number of carbonyl (C=O) groups excluding carboxylic acids is 6. The monoisotopic (exact) mass is 720 g/mol. The summed E-state index contributed by atoms with van der Waals surface area (Å²) in [7, 11) is 0. The second kappa shape index (κ2) is 16.8. The lowest BCUT2D eigenvalue weighted by molar-refractivity contribution is -0.144. The highest BCUT2D eigenvalue weighted by molar-refractivity contribution is 6.38. The van der Waals surface area contributed by atoms with E-state index in [4.69, 9.17) is 11.2 Å². The summed E-state index contributed by atoms with van der Waals surface area (Å²) in [5.41, 5.74) is 1.47. The number of ether oxygens (including phenoxy) is 1. The van der Waals surface area contributed by atoms with E-state index in [1.165, 1.54) is 0 Å². The number of urea groups is 1. The van der Waals surface area contributed by atoms with Crippen LogP contribution in [0.15, 0.2) is 24.3 Å². The number of amides is 6. The second-order valence-electron chi connectivity index (χ2n) is 15.9. The van der Waals surface area contributed by atoms with E-state index in [9.17, 15) is 28.8 Å². The second-order valence-corrected chi connectivity index (χ2v) is 15.9. The van der Waals surface area contributed by atoms with Crippen LogP contribution in [-0.2, 0) is 36.8 Å². The first kappa shape index (κ1) is 40.2. The summed E-state index contributed by atoms with van der Waals surface area (Å²) in [4.78, 5) is 82.1. The maximum absolute atomic E-state index is 14.8. The molecule has 3 aliphatic rings. The van der Waals surface area contributed by atoms with Crippen LogP contribution in [-0.4, -0.2) is 90.9 Å². The number of Topliss-reactive ketones (excluding diaryl/α,β-unsaturated/α-hetero) is 1. The fraction of sp³-hybridized carbons (Fsp3) is 0.641. The molecule has 1 aliphatic heterocycles. The van der Waals surface area contributed by atoms with Gasteiger partial charge in [-0.3, -0.25) is 19.2 Å². The number of ketones is 1. The van der Waals surface area contributed by atoms with Crippen LogP contribution in [0.2, 0.25) is 0 Å². The van der Waals surface area contributed by atoms with Crippen LogP contribution < -0.4 is 26.6 Å². The number of rotatable bonds is 15. The first-order chi connectivity index (χ1) is 24.5. The highest BCUT2D eigenvalue weighted by Gasteiger charge is 2.69. The number of alkyl carbamates (subject to hydrolysis) is 1. The molecule has 6 amide bonds. The molecule has 1 saturated heterocycles. The van der Waals surface area contributed by atoms with Crippen molar-refractivity contribution in [2.75, 3.05) is 26.2 Å². The summed E-state index contributed by atoms with van der Waals surface area (Å²) >= 11 is 0. The molecule has 1 unspecified atom stereocenters. The summed E-state index contributed by atoms with van der Waals surface area (Å²) in [6.07, 6.45) is 7.36. The third-order valence-electron chi connectivity index (χ3n) is 11.0. The molecule has 1 heterocycles. The van der Waals surface area contributed by atoms with Gasteiger partial charge in [0.25, 0.3) is 5.91 Å². The fourth-order valence-corrected chi connectivity index (χ4v) is 7.72. The SMILES string of the molecule is C#CCNC(=O)C(=O)C(CCCC)NC(=O)[C@@H]1[C@@H]2[C@H](CN1C(=O)[C@@H](NC(=O)N[C@H](COC(=O)NCC)C(C)(C)C)C1Cc3ccccc3C1)C2(C)C. The van der Waals surface area contributed by atoms with Crippen molar-refractivity contribution >= 4 is 35.6 Å². The van der Waals surface area contributed by atoms with Gasteiger partial charge in [0.2, 0.25) is 17.6 Å². The average molecular weight is 721 g/mol. The molecule has 13 heteroatoms. The Bertz CT molecular complexity index is 1540. The zero-order chi connectivity index (χ0) is 38.4. The minimum atomic E-state index is -1.08. The van der Waals surface area contributed by atoms with Crippen LogP contribution in [0.1, 0.15) is 78.9 Å². The van der Waals surface area contributed by atoms with E-state index in [-0.39, 0.29) is 48.6 Å². The van der Waals surface area contributed by atoms with E-state index in [0.717, 1.165) is 17.5 Å². The van der Waals surface area contributed by atoms with E-state index in [2.05, 4.69) is 46.4 Å². The summed E-state index contributed by atoms with van der Waals surface area (Å²) in [6.45, 7) is 14.1. The number of nitrogens with zero attached hydrogens (tertiary/aromatic N) is 1. The van der Waals surface area contributed by atoms with Gasteiger partial charge in [-0.05, 0) is 65.9 Å². The average Bonchev–Trinajstić information content (AvgIpc) is 3.44. The predicted octanol–water partition coefficient (Wildman–Crippen LogP) is 2.71. The van der Waals surface area contributed by atoms with Gasteiger partial charge < -0.3 is 36.2 Å². The molecular formula is C39H56N6O7. The summed E-state index contributed by atoms with van der Waals surface area (Å²) < 4.78 is 5.36. The molecule has 0 bridgehead atoms. The van der Waals surface area contributed by atoms with Crippen LogP contribution in [0.5, 0.6) is 0 Å². The lowest BCUT2D eigenvalue weighted by Gasteiger charge is -2.36. The zero-order valence-electron chi connectivity index (χ0n) is 31.6. The van der Waals surface area contributed by atoms with Crippen molar-refractivity contribution in [3.8, 4) is 12.3 Å². The normalized spacial score (nSPS) is 21.7. The van der Waals surface area contributed by atoms with E-state index < -0.39 is 59.3 Å². The Morgan fingerprint density at radius 3 is 2.23 bits per heavy atom. The van der Waals surface area contributed by atoms with Crippen LogP contribution in [0.4, 0.5) is 9.59 Å². The fourth-order valence-electron chi connectivity index (χ4n) is 7.72. The van der Waals surface area contributed by atoms with E-state index >= 15 is 0 Å². The minimum Gasteiger partial charge on any atom is -0.447 e. The zero-order valence-corrected chi connectivity index (χ0v) is 31.6.